The summed E-state index contributed by atoms with van der Waals surface area (Å²) in [7, 11) is 0. The van der Waals surface area contributed by atoms with Crippen LogP contribution in [0.1, 0.15) is 25.0 Å². The number of nitrogens with zero attached hydrogens (tertiary/aromatic N) is 3. The van der Waals surface area contributed by atoms with Gasteiger partial charge in [0.2, 0.25) is 0 Å². The monoisotopic (exact) mass is 245 g/mol. The molecule has 1 aromatic heterocycles. The molecule has 94 valence electrons. The number of aromatic nitrogens is 3. The zero-order valence-corrected chi connectivity index (χ0v) is 10.2. The van der Waals surface area contributed by atoms with Crippen molar-refractivity contribution < 1.29 is 9.53 Å². The molecule has 0 radical (unpaired) electrons. The molecule has 1 heterocycles. The van der Waals surface area contributed by atoms with Crippen molar-refractivity contribution in [3.8, 4) is 0 Å². The van der Waals surface area contributed by atoms with Gasteiger partial charge in [0, 0.05) is 6.42 Å². The molecule has 1 atom stereocenters. The highest BCUT2D eigenvalue weighted by Crippen LogP contribution is 2.19. The molecule has 0 saturated heterocycles. The summed E-state index contributed by atoms with van der Waals surface area (Å²) in [6.07, 6.45) is 3.10. The molecular weight excluding hydrogens is 230 g/mol. The lowest BCUT2D eigenvalue weighted by Gasteiger charge is -2.17. The van der Waals surface area contributed by atoms with Crippen LogP contribution < -0.4 is 0 Å². The molecule has 0 N–H and O–H groups in total. The van der Waals surface area contributed by atoms with Gasteiger partial charge in [-0.1, -0.05) is 37.3 Å². The van der Waals surface area contributed by atoms with E-state index in [2.05, 4.69) is 10.1 Å². The lowest BCUT2D eigenvalue weighted by molar-refractivity contribution is -0.149. The molecule has 0 aliphatic rings. The van der Waals surface area contributed by atoms with Crippen LogP contribution in [0.4, 0.5) is 0 Å². The zero-order valence-electron chi connectivity index (χ0n) is 10.2. The van der Waals surface area contributed by atoms with Crippen molar-refractivity contribution >= 4 is 5.97 Å². The summed E-state index contributed by atoms with van der Waals surface area (Å²) >= 11 is 0. The molecule has 1 aromatic carbocycles. The highest BCUT2D eigenvalue weighted by Gasteiger charge is 2.16. The van der Waals surface area contributed by atoms with Crippen molar-refractivity contribution in [3.63, 3.8) is 0 Å². The predicted molar refractivity (Wildman–Crippen MR) is 65.6 cm³/mol. The third kappa shape index (κ3) is 3.16. The Bertz CT molecular complexity index is 482. The van der Waals surface area contributed by atoms with Gasteiger partial charge in [0.1, 0.15) is 18.8 Å². The molecule has 0 aliphatic carbocycles. The molecule has 0 saturated carbocycles. The lowest BCUT2D eigenvalue weighted by Crippen LogP contribution is -2.16. The minimum absolute atomic E-state index is 0.219. The van der Waals surface area contributed by atoms with E-state index in [1.54, 1.807) is 17.9 Å². The van der Waals surface area contributed by atoms with Crippen LogP contribution in [0.15, 0.2) is 43.0 Å². The maximum absolute atomic E-state index is 11.5. The van der Waals surface area contributed by atoms with Crippen LogP contribution in [0.5, 0.6) is 0 Å². The van der Waals surface area contributed by atoms with Gasteiger partial charge in [0.05, 0.1) is 6.54 Å². The Hall–Kier alpha value is -2.17. The summed E-state index contributed by atoms with van der Waals surface area (Å²) in [6.45, 7) is 2.25. The summed E-state index contributed by atoms with van der Waals surface area (Å²) < 4.78 is 7.08. The number of benzene rings is 1. The van der Waals surface area contributed by atoms with Crippen LogP contribution in [0.2, 0.25) is 0 Å². The summed E-state index contributed by atoms with van der Waals surface area (Å²) in [5.74, 6) is -0.219. The fourth-order valence-corrected chi connectivity index (χ4v) is 1.62. The third-order valence-corrected chi connectivity index (χ3v) is 2.55. The number of ether oxygens (including phenoxy) is 1. The van der Waals surface area contributed by atoms with E-state index in [0.717, 1.165) is 5.56 Å². The summed E-state index contributed by atoms with van der Waals surface area (Å²) in [4.78, 5) is 15.3. The first-order chi connectivity index (χ1) is 8.79. The van der Waals surface area contributed by atoms with E-state index in [1.807, 2.05) is 30.3 Å². The Kier molecular flexibility index (Phi) is 4.06. The third-order valence-electron chi connectivity index (χ3n) is 2.55. The molecule has 5 nitrogen and oxygen atoms in total. The maximum Gasteiger partial charge on any atom is 0.306 e. The molecule has 0 bridgehead atoms. The SMILES string of the molecule is CCC(=O)OC(Cn1cncn1)c1ccccc1. The first-order valence-electron chi connectivity index (χ1n) is 5.86. The molecule has 18 heavy (non-hydrogen) atoms. The second kappa shape index (κ2) is 5.95. The number of carbonyl (C=O) groups is 1. The van der Waals surface area contributed by atoms with Crippen molar-refractivity contribution in [1.82, 2.24) is 14.8 Å². The van der Waals surface area contributed by atoms with Crippen molar-refractivity contribution in [2.45, 2.75) is 26.0 Å². The van der Waals surface area contributed by atoms with Crippen LogP contribution >= 0.6 is 0 Å². The van der Waals surface area contributed by atoms with Gasteiger partial charge in [-0.25, -0.2) is 9.67 Å². The first kappa shape index (κ1) is 12.3. The number of rotatable bonds is 5. The van der Waals surface area contributed by atoms with Gasteiger partial charge in [-0.3, -0.25) is 4.79 Å². The number of hydrogen-bond donors (Lipinski definition) is 0. The quantitative estimate of drug-likeness (QED) is 0.756. The fraction of sp³-hybridized carbons (Fsp3) is 0.308. The van der Waals surface area contributed by atoms with Gasteiger partial charge in [0.15, 0.2) is 0 Å². The Balaban J connectivity index is 2.15. The second-order valence-electron chi connectivity index (χ2n) is 3.86. The van der Waals surface area contributed by atoms with Gasteiger partial charge < -0.3 is 4.74 Å². The van der Waals surface area contributed by atoms with Crippen LogP contribution in [0.25, 0.3) is 0 Å². The van der Waals surface area contributed by atoms with Gasteiger partial charge >= 0.3 is 5.97 Å². The highest BCUT2D eigenvalue weighted by molar-refractivity contribution is 5.69. The summed E-state index contributed by atoms with van der Waals surface area (Å²) in [5.41, 5.74) is 0.954. The van der Waals surface area contributed by atoms with E-state index >= 15 is 0 Å². The first-order valence-corrected chi connectivity index (χ1v) is 5.86. The standard InChI is InChI=1S/C13H15N3O2/c1-2-13(17)18-12(8-16-10-14-9-15-16)11-6-4-3-5-7-11/h3-7,9-10,12H,2,8H2,1H3. The summed E-state index contributed by atoms with van der Waals surface area (Å²) in [6, 6.07) is 9.64. The van der Waals surface area contributed by atoms with E-state index in [4.69, 9.17) is 4.74 Å². The topological polar surface area (TPSA) is 57.0 Å². The van der Waals surface area contributed by atoms with Crippen molar-refractivity contribution in [1.29, 1.82) is 0 Å². The van der Waals surface area contributed by atoms with E-state index in [0.29, 0.717) is 13.0 Å². The average Bonchev–Trinajstić information content (AvgIpc) is 2.92. The van der Waals surface area contributed by atoms with Gasteiger partial charge in [-0.05, 0) is 5.56 Å². The van der Waals surface area contributed by atoms with Crippen molar-refractivity contribution in [2.24, 2.45) is 0 Å². The molecule has 0 amide bonds. The van der Waals surface area contributed by atoms with Gasteiger partial charge in [-0.2, -0.15) is 5.10 Å². The summed E-state index contributed by atoms with van der Waals surface area (Å²) in [5, 5.41) is 4.03. The molecule has 2 aromatic rings. The number of esters is 1. The second-order valence-corrected chi connectivity index (χ2v) is 3.86. The van der Waals surface area contributed by atoms with Crippen LogP contribution in [-0.4, -0.2) is 20.7 Å². The average molecular weight is 245 g/mol. The van der Waals surface area contributed by atoms with Crippen molar-refractivity contribution in [3.05, 3.63) is 48.5 Å². The molecular formula is C13H15N3O2. The Morgan fingerprint density at radius 3 is 2.78 bits per heavy atom. The van der Waals surface area contributed by atoms with E-state index < -0.39 is 0 Å². The van der Waals surface area contributed by atoms with E-state index in [-0.39, 0.29) is 12.1 Å². The van der Waals surface area contributed by atoms with E-state index in [1.165, 1.54) is 6.33 Å². The largest absolute Gasteiger partial charge is 0.455 e. The normalized spacial score (nSPS) is 12.1. The van der Waals surface area contributed by atoms with E-state index in [9.17, 15) is 4.79 Å². The molecule has 0 fully saturated rings. The van der Waals surface area contributed by atoms with Gasteiger partial charge in [0.25, 0.3) is 0 Å². The predicted octanol–water partition coefficient (Wildman–Crippen LogP) is 1.97. The van der Waals surface area contributed by atoms with Crippen LogP contribution in [-0.2, 0) is 16.1 Å². The van der Waals surface area contributed by atoms with Crippen molar-refractivity contribution in [2.75, 3.05) is 0 Å². The Labute approximate surface area is 105 Å². The van der Waals surface area contributed by atoms with Crippen LogP contribution in [0.3, 0.4) is 0 Å². The van der Waals surface area contributed by atoms with Gasteiger partial charge in [-0.15, -0.1) is 0 Å². The highest BCUT2D eigenvalue weighted by atomic mass is 16.5. The van der Waals surface area contributed by atoms with Crippen LogP contribution in [0, 0.1) is 0 Å². The maximum atomic E-state index is 11.5. The minimum atomic E-state index is -0.333. The smallest absolute Gasteiger partial charge is 0.306 e. The minimum Gasteiger partial charge on any atom is -0.455 e. The molecule has 5 heteroatoms. The Morgan fingerprint density at radius 1 is 1.39 bits per heavy atom. The fourth-order valence-electron chi connectivity index (χ4n) is 1.62. The number of hydrogen-bond acceptors (Lipinski definition) is 4. The Morgan fingerprint density at radius 2 is 2.17 bits per heavy atom. The zero-order chi connectivity index (χ0) is 12.8. The molecule has 0 spiro atoms. The molecule has 1 unspecified atom stereocenters. The number of carbonyl (C=O) groups excluding carboxylic acids is 1. The lowest BCUT2D eigenvalue weighted by atomic mass is 10.1. The molecule has 0 aliphatic heterocycles. The molecule has 2 rings (SSSR count).